The van der Waals surface area contributed by atoms with Gasteiger partial charge in [-0.05, 0) is 24.3 Å². The molecular formula is C7H7ClNO3S. The van der Waals surface area contributed by atoms with Crippen LogP contribution in [0.1, 0.15) is 0 Å². The van der Waals surface area contributed by atoms with E-state index in [-0.39, 0.29) is 4.90 Å². The maximum Gasteiger partial charge on any atom is 0.242 e. The van der Waals surface area contributed by atoms with Gasteiger partial charge in [0.15, 0.2) is 0 Å². The monoisotopic (exact) mass is 220 g/mol. The molecule has 1 rings (SSSR count). The number of hydrogen-bond acceptors (Lipinski definition) is 2. The molecule has 0 aromatic heterocycles. The van der Waals surface area contributed by atoms with Crippen LogP contribution in [0.15, 0.2) is 29.2 Å². The maximum atomic E-state index is 11.2. The van der Waals surface area contributed by atoms with Gasteiger partial charge in [-0.3, -0.25) is 0 Å². The molecular weight excluding hydrogens is 214 g/mol. The lowest BCUT2D eigenvalue weighted by atomic mass is 10.4. The number of rotatable bonds is 3. The second kappa shape index (κ2) is 4.06. The third-order valence-corrected chi connectivity index (χ3v) is 3.02. The molecule has 0 amide bonds. The molecule has 0 saturated heterocycles. The van der Waals surface area contributed by atoms with Crippen LogP contribution in [0.3, 0.4) is 0 Å². The van der Waals surface area contributed by atoms with Gasteiger partial charge in [0.25, 0.3) is 0 Å². The minimum atomic E-state index is -3.65. The lowest BCUT2D eigenvalue weighted by Gasteiger charge is -2.02. The average molecular weight is 221 g/mol. The summed E-state index contributed by atoms with van der Waals surface area (Å²) in [6.45, 7) is -0.870. The molecule has 1 aromatic carbocycles. The van der Waals surface area contributed by atoms with Crippen molar-refractivity contribution in [1.82, 2.24) is 4.72 Å². The Morgan fingerprint density at radius 1 is 1.23 bits per heavy atom. The predicted octanol–water partition coefficient (Wildman–Crippen LogP) is 1.01. The second-order valence-electron chi connectivity index (χ2n) is 2.25. The highest BCUT2D eigenvalue weighted by Crippen LogP contribution is 2.13. The molecule has 6 heteroatoms. The predicted molar refractivity (Wildman–Crippen MR) is 47.3 cm³/mol. The van der Waals surface area contributed by atoms with Gasteiger partial charge >= 0.3 is 0 Å². The van der Waals surface area contributed by atoms with Gasteiger partial charge < -0.3 is 0 Å². The fourth-order valence-corrected chi connectivity index (χ4v) is 1.72. The summed E-state index contributed by atoms with van der Waals surface area (Å²) in [4.78, 5) is 0.0350. The molecule has 13 heavy (non-hydrogen) atoms. The molecule has 0 fully saturated rings. The first-order valence-corrected chi connectivity index (χ1v) is 5.26. The zero-order chi connectivity index (χ0) is 9.90. The molecule has 0 saturated carbocycles. The first kappa shape index (κ1) is 10.5. The fraction of sp³-hybridized carbons (Fsp3) is 0.143. The zero-order valence-electron chi connectivity index (χ0n) is 6.53. The van der Waals surface area contributed by atoms with E-state index in [9.17, 15) is 13.5 Å². The number of benzene rings is 1. The Morgan fingerprint density at radius 2 is 1.77 bits per heavy atom. The van der Waals surface area contributed by atoms with E-state index in [1.54, 1.807) is 0 Å². The van der Waals surface area contributed by atoms with Gasteiger partial charge in [0.05, 0.1) is 4.90 Å². The first-order valence-electron chi connectivity index (χ1n) is 3.39. The van der Waals surface area contributed by atoms with Crippen LogP contribution in [-0.4, -0.2) is 15.1 Å². The van der Waals surface area contributed by atoms with E-state index >= 15 is 0 Å². The van der Waals surface area contributed by atoms with Crippen LogP contribution in [0.2, 0.25) is 5.02 Å². The Labute approximate surface area is 81.2 Å². The third kappa shape index (κ3) is 2.67. The van der Waals surface area contributed by atoms with Crippen LogP contribution in [-0.2, 0) is 15.1 Å². The minimum Gasteiger partial charge on any atom is -0.219 e. The van der Waals surface area contributed by atoms with E-state index in [0.717, 1.165) is 0 Å². The molecule has 0 atom stereocenters. The molecule has 1 radical (unpaired) electrons. The molecule has 0 aliphatic rings. The smallest absolute Gasteiger partial charge is 0.219 e. The minimum absolute atomic E-state index is 0.0350. The molecule has 0 spiro atoms. The summed E-state index contributed by atoms with van der Waals surface area (Å²) < 4.78 is 24.2. The summed E-state index contributed by atoms with van der Waals surface area (Å²) in [5.74, 6) is 0. The SMILES string of the molecule is [O]CNS(=O)(=O)c1ccc(Cl)cc1. The summed E-state index contributed by atoms with van der Waals surface area (Å²) in [5, 5.41) is 10.5. The molecule has 71 valence electrons. The molecule has 0 heterocycles. The maximum absolute atomic E-state index is 11.2. The number of nitrogens with one attached hydrogen (secondary N) is 1. The van der Waals surface area contributed by atoms with Crippen molar-refractivity contribution < 1.29 is 13.5 Å². The largest absolute Gasteiger partial charge is 0.242 e. The van der Waals surface area contributed by atoms with Crippen LogP contribution in [0.5, 0.6) is 0 Å². The van der Waals surface area contributed by atoms with Crippen molar-refractivity contribution >= 4 is 21.6 Å². The van der Waals surface area contributed by atoms with Gasteiger partial charge in [-0.1, -0.05) is 11.6 Å². The normalized spacial score (nSPS) is 11.5. The fourth-order valence-electron chi connectivity index (χ4n) is 0.775. The number of hydrogen-bond donors (Lipinski definition) is 1. The van der Waals surface area contributed by atoms with Crippen molar-refractivity contribution in [3.8, 4) is 0 Å². The van der Waals surface area contributed by atoms with Crippen LogP contribution in [0.4, 0.5) is 0 Å². The van der Waals surface area contributed by atoms with E-state index in [1.165, 1.54) is 24.3 Å². The standard InChI is InChI=1S/C7H7ClNO3S/c8-6-1-3-7(4-2-6)13(11,12)9-5-10/h1-4,9H,5H2. The topological polar surface area (TPSA) is 66.1 Å². The van der Waals surface area contributed by atoms with Crippen molar-refractivity contribution in [3.05, 3.63) is 29.3 Å². The van der Waals surface area contributed by atoms with Crippen molar-refractivity contribution in [3.63, 3.8) is 0 Å². The lowest BCUT2D eigenvalue weighted by Crippen LogP contribution is -2.23. The Balaban J connectivity index is 3.02. The Kier molecular flexibility index (Phi) is 3.27. The van der Waals surface area contributed by atoms with Gasteiger partial charge in [0.2, 0.25) is 10.0 Å². The van der Waals surface area contributed by atoms with E-state index in [1.807, 2.05) is 4.72 Å². The lowest BCUT2D eigenvalue weighted by molar-refractivity contribution is 0.188. The third-order valence-electron chi connectivity index (χ3n) is 1.37. The van der Waals surface area contributed by atoms with Crippen LogP contribution < -0.4 is 4.72 Å². The summed E-state index contributed by atoms with van der Waals surface area (Å²) in [6.07, 6.45) is 0. The molecule has 1 N–H and O–H groups in total. The number of halogens is 1. The van der Waals surface area contributed by atoms with Crippen molar-refractivity contribution in [2.45, 2.75) is 4.90 Å². The van der Waals surface area contributed by atoms with Gasteiger partial charge in [0.1, 0.15) is 6.73 Å². The summed E-state index contributed by atoms with van der Waals surface area (Å²) >= 11 is 5.56. The second-order valence-corrected chi connectivity index (χ2v) is 4.45. The van der Waals surface area contributed by atoms with Crippen molar-refractivity contribution in [2.24, 2.45) is 0 Å². The molecule has 0 unspecified atom stereocenters. The highest BCUT2D eigenvalue weighted by molar-refractivity contribution is 7.89. The molecule has 4 nitrogen and oxygen atoms in total. The van der Waals surface area contributed by atoms with Gasteiger partial charge in [0, 0.05) is 5.02 Å². The van der Waals surface area contributed by atoms with Gasteiger partial charge in [-0.25, -0.2) is 13.5 Å². The van der Waals surface area contributed by atoms with Crippen LogP contribution in [0.25, 0.3) is 0 Å². The van der Waals surface area contributed by atoms with Gasteiger partial charge in [-0.2, -0.15) is 4.72 Å². The molecule has 0 aliphatic carbocycles. The number of sulfonamides is 1. The highest BCUT2D eigenvalue weighted by atomic mass is 35.5. The van der Waals surface area contributed by atoms with Gasteiger partial charge in [-0.15, -0.1) is 0 Å². The first-order chi connectivity index (χ1) is 6.06. The van der Waals surface area contributed by atoms with E-state index in [2.05, 4.69) is 0 Å². The molecule has 0 bridgehead atoms. The average Bonchev–Trinajstić information content (AvgIpc) is 2.05. The van der Waals surface area contributed by atoms with E-state index in [4.69, 9.17) is 11.6 Å². The highest BCUT2D eigenvalue weighted by Gasteiger charge is 2.11. The Morgan fingerprint density at radius 3 is 2.23 bits per heavy atom. The zero-order valence-corrected chi connectivity index (χ0v) is 8.10. The summed E-state index contributed by atoms with van der Waals surface area (Å²) in [7, 11) is -3.65. The van der Waals surface area contributed by atoms with Crippen molar-refractivity contribution in [1.29, 1.82) is 0 Å². The van der Waals surface area contributed by atoms with E-state index < -0.39 is 16.8 Å². The van der Waals surface area contributed by atoms with Crippen LogP contribution in [0, 0.1) is 0 Å². The molecule has 0 aliphatic heterocycles. The molecule has 1 aromatic rings. The van der Waals surface area contributed by atoms with Crippen LogP contribution >= 0.6 is 11.6 Å². The summed E-state index contributed by atoms with van der Waals surface area (Å²) in [5.41, 5.74) is 0. The Bertz CT molecular complexity index is 373. The van der Waals surface area contributed by atoms with Crippen molar-refractivity contribution in [2.75, 3.05) is 6.73 Å². The quantitative estimate of drug-likeness (QED) is 0.773. The summed E-state index contributed by atoms with van der Waals surface area (Å²) in [6, 6.07) is 5.56. The Hall–Kier alpha value is -0.620. The van der Waals surface area contributed by atoms with E-state index in [0.29, 0.717) is 5.02 Å².